The van der Waals surface area contributed by atoms with E-state index in [4.69, 9.17) is 0 Å². The topological polar surface area (TPSA) is 59.0 Å². The van der Waals surface area contributed by atoms with Gasteiger partial charge >= 0.3 is 0 Å². The lowest BCUT2D eigenvalue weighted by molar-refractivity contribution is -0.122. The van der Waals surface area contributed by atoms with Crippen LogP contribution >= 0.6 is 0 Å². The Bertz CT molecular complexity index is 393. The summed E-state index contributed by atoms with van der Waals surface area (Å²) in [7, 11) is 0. The second-order valence-corrected chi connectivity index (χ2v) is 4.70. The van der Waals surface area contributed by atoms with Crippen molar-refractivity contribution in [1.29, 1.82) is 0 Å². The van der Waals surface area contributed by atoms with Gasteiger partial charge in [0.2, 0.25) is 5.91 Å². The minimum atomic E-state index is 0.0462. The fourth-order valence-electron chi connectivity index (χ4n) is 2.22. The number of carbonyl (C=O) groups excluding carboxylic acids is 1. The van der Waals surface area contributed by atoms with Gasteiger partial charge in [0, 0.05) is 18.3 Å². The lowest BCUT2D eigenvalue weighted by atomic mass is 10.1. The van der Waals surface area contributed by atoms with E-state index in [0.29, 0.717) is 6.54 Å². The highest BCUT2D eigenvalue weighted by atomic mass is 16.2. The summed E-state index contributed by atoms with van der Waals surface area (Å²) in [6, 6.07) is 2.25. The highest BCUT2D eigenvalue weighted by Crippen LogP contribution is 2.03. The Kier molecular flexibility index (Phi) is 3.78. The Morgan fingerprint density at radius 3 is 3.06 bits per heavy atom. The van der Waals surface area contributed by atoms with E-state index in [9.17, 15) is 4.79 Å². The van der Waals surface area contributed by atoms with Gasteiger partial charge in [-0.25, -0.2) is 0 Å². The molecule has 94 valence electrons. The van der Waals surface area contributed by atoms with Crippen molar-refractivity contribution < 1.29 is 4.79 Å². The third kappa shape index (κ3) is 3.30. The molecule has 2 heterocycles. The lowest BCUT2D eigenvalue weighted by Gasteiger charge is -2.23. The molecule has 2 rings (SSSR count). The zero-order chi connectivity index (χ0) is 12.3. The number of rotatable bonds is 3. The molecule has 1 saturated heterocycles. The molecule has 1 aliphatic rings. The predicted molar refractivity (Wildman–Crippen MR) is 65.7 cm³/mol. The summed E-state index contributed by atoms with van der Waals surface area (Å²) in [6.07, 6.45) is 2.20. The van der Waals surface area contributed by atoms with E-state index in [1.165, 1.54) is 0 Å². The third-order valence-corrected chi connectivity index (χ3v) is 3.06. The molecule has 0 unspecified atom stereocenters. The van der Waals surface area contributed by atoms with Crippen LogP contribution in [0.1, 0.15) is 24.2 Å². The molecule has 0 spiro atoms. The van der Waals surface area contributed by atoms with Crippen LogP contribution in [0, 0.1) is 13.8 Å². The van der Waals surface area contributed by atoms with Crippen molar-refractivity contribution in [1.82, 2.24) is 20.4 Å². The Morgan fingerprint density at radius 2 is 2.47 bits per heavy atom. The summed E-state index contributed by atoms with van der Waals surface area (Å²) in [4.78, 5) is 11.8. The van der Waals surface area contributed by atoms with Crippen LogP contribution < -0.4 is 10.6 Å². The van der Waals surface area contributed by atoms with Crippen LogP contribution in [0.3, 0.4) is 0 Å². The lowest BCUT2D eigenvalue weighted by Crippen LogP contribution is -2.46. The average molecular weight is 236 g/mol. The number of hydrogen-bond donors (Lipinski definition) is 2. The van der Waals surface area contributed by atoms with Gasteiger partial charge in [0.1, 0.15) is 6.54 Å². The Balaban J connectivity index is 1.86. The molecule has 0 aromatic carbocycles. The molecule has 0 bridgehead atoms. The van der Waals surface area contributed by atoms with Crippen molar-refractivity contribution in [2.45, 2.75) is 39.3 Å². The molecule has 1 aromatic rings. The summed E-state index contributed by atoms with van der Waals surface area (Å²) in [5.74, 6) is 0.0462. The van der Waals surface area contributed by atoms with Crippen LogP contribution in [0.2, 0.25) is 0 Å². The smallest absolute Gasteiger partial charge is 0.242 e. The maximum absolute atomic E-state index is 11.8. The second kappa shape index (κ2) is 5.31. The van der Waals surface area contributed by atoms with Gasteiger partial charge in [0.25, 0.3) is 0 Å². The monoisotopic (exact) mass is 236 g/mol. The first-order valence-electron chi connectivity index (χ1n) is 6.16. The number of nitrogens with one attached hydrogen (secondary N) is 2. The molecule has 1 aromatic heterocycles. The summed E-state index contributed by atoms with van der Waals surface area (Å²) in [5, 5.41) is 10.6. The SMILES string of the molecule is Cc1cc(C)n(CC(=O)N[C@@H]2CCCNC2)n1. The number of nitrogens with zero attached hydrogens (tertiary/aromatic N) is 2. The molecule has 5 nitrogen and oxygen atoms in total. The minimum Gasteiger partial charge on any atom is -0.350 e. The molecule has 0 saturated carbocycles. The molecule has 0 radical (unpaired) electrons. The standard InChI is InChI=1S/C12H20N4O/c1-9-6-10(2)16(15-9)8-12(17)14-11-4-3-5-13-7-11/h6,11,13H,3-5,7-8H2,1-2H3,(H,14,17)/t11-/m1/s1. The van der Waals surface area contributed by atoms with Crippen LogP contribution in [-0.4, -0.2) is 34.8 Å². The van der Waals surface area contributed by atoms with Crippen LogP contribution in [0.4, 0.5) is 0 Å². The molecule has 1 aliphatic heterocycles. The van der Waals surface area contributed by atoms with E-state index in [2.05, 4.69) is 15.7 Å². The van der Waals surface area contributed by atoms with Crippen molar-refractivity contribution in [3.63, 3.8) is 0 Å². The van der Waals surface area contributed by atoms with Gasteiger partial charge in [-0.3, -0.25) is 9.48 Å². The van der Waals surface area contributed by atoms with Gasteiger partial charge in [-0.2, -0.15) is 5.10 Å². The molecule has 1 amide bonds. The van der Waals surface area contributed by atoms with Crippen molar-refractivity contribution >= 4 is 5.91 Å². The molecule has 5 heteroatoms. The third-order valence-electron chi connectivity index (χ3n) is 3.06. The van der Waals surface area contributed by atoms with Gasteiger partial charge in [0.05, 0.1) is 5.69 Å². The quantitative estimate of drug-likeness (QED) is 0.797. The number of piperidine rings is 1. The van der Waals surface area contributed by atoms with E-state index >= 15 is 0 Å². The van der Waals surface area contributed by atoms with Crippen molar-refractivity contribution in [2.24, 2.45) is 0 Å². The van der Waals surface area contributed by atoms with Gasteiger partial charge < -0.3 is 10.6 Å². The molecule has 17 heavy (non-hydrogen) atoms. The van der Waals surface area contributed by atoms with E-state index in [0.717, 1.165) is 37.3 Å². The number of hydrogen-bond acceptors (Lipinski definition) is 3. The largest absolute Gasteiger partial charge is 0.350 e. The summed E-state index contributed by atoms with van der Waals surface area (Å²) in [5.41, 5.74) is 1.98. The van der Waals surface area contributed by atoms with Gasteiger partial charge in [-0.15, -0.1) is 0 Å². The van der Waals surface area contributed by atoms with Crippen molar-refractivity contribution in [3.8, 4) is 0 Å². The molecule has 0 aliphatic carbocycles. The average Bonchev–Trinajstić information content (AvgIpc) is 2.58. The van der Waals surface area contributed by atoms with Crippen LogP contribution in [-0.2, 0) is 11.3 Å². The van der Waals surface area contributed by atoms with Crippen molar-refractivity contribution in [3.05, 3.63) is 17.5 Å². The maximum atomic E-state index is 11.8. The minimum absolute atomic E-state index is 0.0462. The summed E-state index contributed by atoms with van der Waals surface area (Å²) >= 11 is 0. The first kappa shape index (κ1) is 12.1. The van der Waals surface area contributed by atoms with E-state index in [-0.39, 0.29) is 11.9 Å². The molecular formula is C12H20N4O. The van der Waals surface area contributed by atoms with Gasteiger partial charge in [-0.05, 0) is 39.3 Å². The zero-order valence-corrected chi connectivity index (χ0v) is 10.5. The molecule has 1 fully saturated rings. The van der Waals surface area contributed by atoms with Gasteiger partial charge in [-0.1, -0.05) is 0 Å². The Labute approximate surface area is 102 Å². The fraction of sp³-hybridized carbons (Fsp3) is 0.667. The van der Waals surface area contributed by atoms with Crippen LogP contribution in [0.25, 0.3) is 0 Å². The zero-order valence-electron chi connectivity index (χ0n) is 10.5. The molecule has 1 atom stereocenters. The number of aryl methyl sites for hydroxylation is 2. The summed E-state index contributed by atoms with van der Waals surface area (Å²) < 4.78 is 1.75. The number of carbonyl (C=O) groups is 1. The maximum Gasteiger partial charge on any atom is 0.242 e. The van der Waals surface area contributed by atoms with Crippen molar-refractivity contribution in [2.75, 3.05) is 13.1 Å². The first-order valence-corrected chi connectivity index (χ1v) is 6.16. The van der Waals surface area contributed by atoms with E-state index in [1.54, 1.807) is 4.68 Å². The Hall–Kier alpha value is -1.36. The predicted octanol–water partition coefficient (Wildman–Crippen LogP) is 0.368. The van der Waals surface area contributed by atoms with Crippen LogP contribution in [0.5, 0.6) is 0 Å². The Morgan fingerprint density at radius 1 is 1.65 bits per heavy atom. The molecule has 2 N–H and O–H groups in total. The highest BCUT2D eigenvalue weighted by molar-refractivity contribution is 5.76. The van der Waals surface area contributed by atoms with E-state index in [1.807, 2.05) is 19.9 Å². The molecular weight excluding hydrogens is 216 g/mol. The van der Waals surface area contributed by atoms with Crippen LogP contribution in [0.15, 0.2) is 6.07 Å². The van der Waals surface area contributed by atoms with Gasteiger partial charge in [0.15, 0.2) is 0 Å². The summed E-state index contributed by atoms with van der Waals surface area (Å²) in [6.45, 7) is 6.16. The highest BCUT2D eigenvalue weighted by Gasteiger charge is 2.15. The second-order valence-electron chi connectivity index (χ2n) is 4.70. The fourth-order valence-corrected chi connectivity index (χ4v) is 2.22. The normalized spacial score (nSPS) is 20.2. The van der Waals surface area contributed by atoms with E-state index < -0.39 is 0 Å². The number of aromatic nitrogens is 2. The number of amides is 1. The first-order chi connectivity index (χ1) is 8.15.